The van der Waals surface area contributed by atoms with E-state index in [1.54, 1.807) is 6.07 Å². The summed E-state index contributed by atoms with van der Waals surface area (Å²) in [5.41, 5.74) is 0.624. The number of aromatic hydroxyl groups is 1. The van der Waals surface area contributed by atoms with Gasteiger partial charge < -0.3 is 10.4 Å². The molecule has 0 aliphatic rings. The van der Waals surface area contributed by atoms with Crippen LogP contribution in [0.5, 0.6) is 5.75 Å². The number of phenolic OH excluding ortho intramolecular Hbond substituents is 1. The van der Waals surface area contributed by atoms with Gasteiger partial charge in [0.2, 0.25) is 5.13 Å². The lowest BCUT2D eigenvalue weighted by Crippen LogP contribution is -2.06. The summed E-state index contributed by atoms with van der Waals surface area (Å²) in [5.74, 6) is -0.517. The van der Waals surface area contributed by atoms with Gasteiger partial charge in [0.25, 0.3) is 0 Å². The predicted molar refractivity (Wildman–Crippen MR) is 64.7 cm³/mol. The van der Waals surface area contributed by atoms with Gasteiger partial charge >= 0.3 is 0 Å². The third kappa shape index (κ3) is 2.71. The van der Waals surface area contributed by atoms with Gasteiger partial charge in [-0.15, -0.1) is 10.2 Å². The second-order valence-corrected chi connectivity index (χ2v) is 4.88. The van der Waals surface area contributed by atoms with Gasteiger partial charge in [0.1, 0.15) is 16.6 Å². The Morgan fingerprint density at radius 1 is 1.41 bits per heavy atom. The van der Waals surface area contributed by atoms with E-state index in [9.17, 15) is 9.50 Å². The van der Waals surface area contributed by atoms with Gasteiger partial charge in [0.05, 0.1) is 6.04 Å². The number of benzene rings is 1. The Morgan fingerprint density at radius 2 is 2.18 bits per heavy atom. The molecule has 2 aromatic rings. The van der Waals surface area contributed by atoms with Crippen molar-refractivity contribution in [2.24, 2.45) is 0 Å². The zero-order valence-electron chi connectivity index (χ0n) is 9.44. The quantitative estimate of drug-likeness (QED) is 0.883. The Labute approximate surface area is 102 Å². The minimum absolute atomic E-state index is 0.0637. The maximum Gasteiger partial charge on any atom is 0.206 e. The molecule has 0 saturated heterocycles. The molecule has 0 bridgehead atoms. The number of nitrogens with zero attached hydrogens (tertiary/aromatic N) is 2. The van der Waals surface area contributed by atoms with Crippen molar-refractivity contribution in [2.45, 2.75) is 19.9 Å². The first-order valence-electron chi connectivity index (χ1n) is 5.11. The number of hydrogen-bond donors (Lipinski definition) is 2. The lowest BCUT2D eigenvalue weighted by molar-refractivity contribution is 0.459. The minimum atomic E-state index is -0.454. The number of aromatic nitrogens is 2. The zero-order valence-corrected chi connectivity index (χ0v) is 10.3. The highest BCUT2D eigenvalue weighted by molar-refractivity contribution is 7.15. The molecular weight excluding hydrogens is 241 g/mol. The Morgan fingerprint density at radius 3 is 2.76 bits per heavy atom. The lowest BCUT2D eigenvalue weighted by atomic mass is 10.1. The van der Waals surface area contributed by atoms with Gasteiger partial charge in [0, 0.05) is 11.6 Å². The van der Waals surface area contributed by atoms with E-state index in [1.807, 2.05) is 13.8 Å². The van der Waals surface area contributed by atoms with E-state index in [1.165, 1.54) is 17.4 Å². The van der Waals surface area contributed by atoms with Crippen LogP contribution in [0.2, 0.25) is 0 Å². The third-order valence-electron chi connectivity index (χ3n) is 2.33. The standard InChI is InChI=1S/C11H12FN3OS/c1-6(13-11-15-14-7(2)17-11)9-4-3-8(12)5-10(9)16/h3-6,16H,1-2H3,(H,13,15). The van der Waals surface area contributed by atoms with Crippen molar-refractivity contribution >= 4 is 16.5 Å². The molecule has 6 heteroatoms. The highest BCUT2D eigenvalue weighted by Gasteiger charge is 2.12. The molecule has 0 aliphatic heterocycles. The Bertz CT molecular complexity index is 529. The highest BCUT2D eigenvalue weighted by atomic mass is 32.1. The maximum atomic E-state index is 12.8. The number of rotatable bonds is 3. The van der Waals surface area contributed by atoms with Crippen LogP contribution >= 0.6 is 11.3 Å². The summed E-state index contributed by atoms with van der Waals surface area (Å²) in [6.07, 6.45) is 0. The summed E-state index contributed by atoms with van der Waals surface area (Å²) < 4.78 is 12.8. The number of aryl methyl sites for hydroxylation is 1. The van der Waals surface area contributed by atoms with Crippen LogP contribution in [0.4, 0.5) is 9.52 Å². The summed E-state index contributed by atoms with van der Waals surface area (Å²) in [4.78, 5) is 0. The first-order chi connectivity index (χ1) is 8.06. The van der Waals surface area contributed by atoms with E-state index in [4.69, 9.17) is 0 Å². The van der Waals surface area contributed by atoms with Crippen LogP contribution in [-0.4, -0.2) is 15.3 Å². The molecule has 0 saturated carbocycles. The molecule has 0 radical (unpaired) electrons. The van der Waals surface area contributed by atoms with Crippen LogP contribution in [-0.2, 0) is 0 Å². The molecular formula is C11H12FN3OS. The molecule has 0 aliphatic carbocycles. The number of anilines is 1. The van der Waals surface area contributed by atoms with Crippen LogP contribution in [0.1, 0.15) is 23.5 Å². The highest BCUT2D eigenvalue weighted by Crippen LogP contribution is 2.28. The van der Waals surface area contributed by atoms with Crippen molar-refractivity contribution in [2.75, 3.05) is 5.32 Å². The van der Waals surface area contributed by atoms with Crippen molar-refractivity contribution in [3.05, 3.63) is 34.6 Å². The third-order valence-corrected chi connectivity index (χ3v) is 3.09. The molecule has 90 valence electrons. The summed E-state index contributed by atoms with van der Waals surface area (Å²) >= 11 is 1.43. The van der Waals surface area contributed by atoms with Gasteiger partial charge in [-0.25, -0.2) is 4.39 Å². The van der Waals surface area contributed by atoms with Crippen molar-refractivity contribution in [3.63, 3.8) is 0 Å². The molecule has 1 aromatic heterocycles. The van der Waals surface area contributed by atoms with Crippen molar-refractivity contribution < 1.29 is 9.50 Å². The summed E-state index contributed by atoms with van der Waals surface area (Å²) in [5, 5.41) is 22.1. The summed E-state index contributed by atoms with van der Waals surface area (Å²) in [7, 11) is 0. The lowest BCUT2D eigenvalue weighted by Gasteiger charge is -2.14. The first kappa shape index (κ1) is 11.8. The molecule has 17 heavy (non-hydrogen) atoms. The molecule has 0 amide bonds. The van der Waals surface area contributed by atoms with Gasteiger partial charge in [-0.05, 0) is 19.9 Å². The number of nitrogens with one attached hydrogen (secondary N) is 1. The summed E-state index contributed by atoms with van der Waals surface area (Å²) in [6, 6.07) is 3.80. The minimum Gasteiger partial charge on any atom is -0.507 e. The Balaban J connectivity index is 2.17. The van der Waals surface area contributed by atoms with Crippen molar-refractivity contribution in [1.29, 1.82) is 0 Å². The zero-order chi connectivity index (χ0) is 12.4. The van der Waals surface area contributed by atoms with Gasteiger partial charge in [-0.2, -0.15) is 0 Å². The molecule has 2 N–H and O–H groups in total. The van der Waals surface area contributed by atoms with E-state index in [0.717, 1.165) is 11.1 Å². The summed E-state index contributed by atoms with van der Waals surface area (Å²) in [6.45, 7) is 3.73. The molecule has 4 nitrogen and oxygen atoms in total. The van der Waals surface area contributed by atoms with E-state index >= 15 is 0 Å². The van der Waals surface area contributed by atoms with Crippen LogP contribution in [0.3, 0.4) is 0 Å². The molecule has 1 heterocycles. The van der Waals surface area contributed by atoms with E-state index < -0.39 is 5.82 Å². The van der Waals surface area contributed by atoms with E-state index in [2.05, 4.69) is 15.5 Å². The second kappa shape index (κ2) is 4.67. The van der Waals surface area contributed by atoms with Gasteiger partial charge in [0.15, 0.2) is 0 Å². The fourth-order valence-electron chi connectivity index (χ4n) is 1.50. The predicted octanol–water partition coefficient (Wildman–Crippen LogP) is 2.86. The largest absolute Gasteiger partial charge is 0.507 e. The molecule has 2 rings (SSSR count). The average molecular weight is 253 g/mol. The molecule has 1 atom stereocenters. The molecule has 0 fully saturated rings. The first-order valence-corrected chi connectivity index (χ1v) is 5.93. The smallest absolute Gasteiger partial charge is 0.206 e. The van der Waals surface area contributed by atoms with Crippen molar-refractivity contribution in [1.82, 2.24) is 10.2 Å². The fraction of sp³-hybridized carbons (Fsp3) is 0.273. The Kier molecular flexibility index (Phi) is 3.23. The van der Waals surface area contributed by atoms with Gasteiger partial charge in [-0.3, -0.25) is 0 Å². The fourth-order valence-corrected chi connectivity index (χ4v) is 2.18. The van der Waals surface area contributed by atoms with Crippen LogP contribution in [0.15, 0.2) is 18.2 Å². The maximum absolute atomic E-state index is 12.8. The second-order valence-electron chi connectivity index (χ2n) is 3.70. The topological polar surface area (TPSA) is 58.0 Å². The number of halogens is 1. The number of hydrogen-bond acceptors (Lipinski definition) is 5. The van der Waals surface area contributed by atoms with E-state index in [0.29, 0.717) is 10.7 Å². The van der Waals surface area contributed by atoms with Crippen LogP contribution in [0, 0.1) is 12.7 Å². The average Bonchev–Trinajstić information content (AvgIpc) is 2.63. The SMILES string of the molecule is Cc1nnc(NC(C)c2ccc(F)cc2O)s1. The van der Waals surface area contributed by atoms with Gasteiger partial charge in [-0.1, -0.05) is 17.4 Å². The molecule has 1 aromatic carbocycles. The van der Waals surface area contributed by atoms with Crippen LogP contribution in [0.25, 0.3) is 0 Å². The molecule has 1 unspecified atom stereocenters. The Hall–Kier alpha value is -1.69. The molecule has 0 spiro atoms. The van der Waals surface area contributed by atoms with E-state index in [-0.39, 0.29) is 11.8 Å². The number of phenols is 1. The van der Waals surface area contributed by atoms with Crippen LogP contribution < -0.4 is 5.32 Å². The monoisotopic (exact) mass is 253 g/mol. The van der Waals surface area contributed by atoms with Crippen molar-refractivity contribution in [3.8, 4) is 5.75 Å². The normalized spacial score (nSPS) is 12.4.